The summed E-state index contributed by atoms with van der Waals surface area (Å²) in [6, 6.07) is 13.2. The van der Waals surface area contributed by atoms with E-state index in [-0.39, 0.29) is 12.4 Å². The average Bonchev–Trinajstić information content (AvgIpc) is 2.64. The molecule has 2 heterocycles. The van der Waals surface area contributed by atoms with Crippen LogP contribution in [0.3, 0.4) is 0 Å². The molecule has 0 aliphatic carbocycles. The highest BCUT2D eigenvalue weighted by molar-refractivity contribution is 5.85. The molecule has 2 atom stereocenters. The summed E-state index contributed by atoms with van der Waals surface area (Å²) < 4.78 is 0. The lowest BCUT2D eigenvalue weighted by Gasteiger charge is -2.36. The van der Waals surface area contributed by atoms with E-state index in [2.05, 4.69) is 47.6 Å². The van der Waals surface area contributed by atoms with Gasteiger partial charge in [0.2, 0.25) is 0 Å². The number of halogens is 1. The average molecular weight is 281 g/mol. The molecule has 106 valence electrons. The van der Waals surface area contributed by atoms with Crippen molar-refractivity contribution in [2.24, 2.45) is 0 Å². The number of hydrogen-bond donors (Lipinski definition) is 1. The largest absolute Gasteiger partial charge is 0.314 e. The van der Waals surface area contributed by atoms with E-state index in [1.807, 2.05) is 0 Å². The lowest BCUT2D eigenvalue weighted by atomic mass is 9.98. The van der Waals surface area contributed by atoms with Crippen LogP contribution in [-0.2, 0) is 6.42 Å². The van der Waals surface area contributed by atoms with Crippen LogP contribution in [0, 0.1) is 0 Å². The van der Waals surface area contributed by atoms with Crippen molar-refractivity contribution in [3.8, 4) is 0 Å². The van der Waals surface area contributed by atoms with Crippen LogP contribution in [0.2, 0.25) is 0 Å². The standard InChI is InChI=1S/C16H24N2.ClH/c1-18-15-7-8-16(18)12-14(11-15)17-10-9-13-5-3-2-4-6-13;/h2-6,14-17H,7-12H2,1H3;1H. The molecule has 2 nitrogen and oxygen atoms in total. The van der Waals surface area contributed by atoms with Crippen molar-refractivity contribution < 1.29 is 0 Å². The fraction of sp³-hybridized carbons (Fsp3) is 0.625. The molecule has 0 saturated carbocycles. The predicted molar refractivity (Wildman–Crippen MR) is 83.0 cm³/mol. The Balaban J connectivity index is 0.00000133. The lowest BCUT2D eigenvalue weighted by molar-refractivity contribution is 0.149. The highest BCUT2D eigenvalue weighted by Crippen LogP contribution is 2.34. The molecule has 2 aliphatic rings. The van der Waals surface area contributed by atoms with Crippen molar-refractivity contribution in [3.63, 3.8) is 0 Å². The number of hydrogen-bond acceptors (Lipinski definition) is 2. The summed E-state index contributed by atoms with van der Waals surface area (Å²) in [7, 11) is 2.31. The predicted octanol–water partition coefficient (Wildman–Crippen LogP) is 2.87. The molecule has 2 bridgehead atoms. The zero-order valence-electron chi connectivity index (χ0n) is 11.7. The number of nitrogens with one attached hydrogen (secondary N) is 1. The van der Waals surface area contributed by atoms with Crippen molar-refractivity contribution in [1.29, 1.82) is 0 Å². The summed E-state index contributed by atoms with van der Waals surface area (Å²) in [5.74, 6) is 0. The molecule has 0 amide bonds. The quantitative estimate of drug-likeness (QED) is 0.912. The Hall–Kier alpha value is -0.570. The van der Waals surface area contributed by atoms with E-state index in [1.54, 1.807) is 0 Å². The van der Waals surface area contributed by atoms with E-state index in [9.17, 15) is 0 Å². The van der Waals surface area contributed by atoms with Gasteiger partial charge in [0, 0.05) is 18.1 Å². The van der Waals surface area contributed by atoms with E-state index >= 15 is 0 Å². The fourth-order valence-electron chi connectivity index (χ4n) is 3.64. The first kappa shape index (κ1) is 14.8. The molecule has 2 fully saturated rings. The monoisotopic (exact) mass is 280 g/mol. The molecule has 0 radical (unpaired) electrons. The Bertz CT molecular complexity index is 368. The van der Waals surface area contributed by atoms with Crippen molar-refractivity contribution in [2.75, 3.05) is 13.6 Å². The Morgan fingerprint density at radius 2 is 1.74 bits per heavy atom. The van der Waals surface area contributed by atoms with Crippen LogP contribution in [0.25, 0.3) is 0 Å². The van der Waals surface area contributed by atoms with Crippen LogP contribution in [0.1, 0.15) is 31.2 Å². The summed E-state index contributed by atoms with van der Waals surface area (Å²) in [5.41, 5.74) is 1.45. The molecule has 3 heteroatoms. The Kier molecular flexibility index (Phi) is 5.26. The summed E-state index contributed by atoms with van der Waals surface area (Å²) in [4.78, 5) is 2.61. The van der Waals surface area contributed by atoms with Crippen molar-refractivity contribution in [2.45, 2.75) is 50.2 Å². The highest BCUT2D eigenvalue weighted by Gasteiger charge is 2.37. The second-order valence-electron chi connectivity index (χ2n) is 5.91. The molecule has 2 unspecified atom stereocenters. The first-order chi connectivity index (χ1) is 8.83. The minimum Gasteiger partial charge on any atom is -0.314 e. The Labute approximate surface area is 123 Å². The van der Waals surface area contributed by atoms with E-state index in [0.29, 0.717) is 0 Å². The number of piperidine rings is 1. The summed E-state index contributed by atoms with van der Waals surface area (Å²) in [5, 5.41) is 3.76. The Morgan fingerprint density at radius 3 is 2.37 bits per heavy atom. The molecule has 0 spiro atoms. The summed E-state index contributed by atoms with van der Waals surface area (Å²) in [6.45, 7) is 1.12. The molecule has 3 rings (SSSR count). The van der Waals surface area contributed by atoms with Crippen LogP contribution in [0.4, 0.5) is 0 Å². The van der Waals surface area contributed by atoms with Gasteiger partial charge in [0.15, 0.2) is 0 Å². The number of rotatable bonds is 4. The van der Waals surface area contributed by atoms with Crippen LogP contribution < -0.4 is 5.32 Å². The third-order valence-electron chi connectivity index (χ3n) is 4.79. The van der Waals surface area contributed by atoms with Crippen molar-refractivity contribution >= 4 is 12.4 Å². The number of nitrogens with zero attached hydrogens (tertiary/aromatic N) is 1. The molecular weight excluding hydrogens is 256 g/mol. The lowest BCUT2D eigenvalue weighted by Crippen LogP contribution is -2.47. The van der Waals surface area contributed by atoms with Gasteiger partial charge in [0.25, 0.3) is 0 Å². The van der Waals surface area contributed by atoms with Crippen LogP contribution in [-0.4, -0.2) is 36.6 Å². The molecule has 1 aromatic rings. The van der Waals surface area contributed by atoms with Gasteiger partial charge in [-0.1, -0.05) is 30.3 Å². The fourth-order valence-corrected chi connectivity index (χ4v) is 3.64. The number of benzene rings is 1. The molecule has 1 aromatic carbocycles. The van der Waals surface area contributed by atoms with E-state index in [1.165, 1.54) is 31.2 Å². The van der Waals surface area contributed by atoms with Gasteiger partial charge < -0.3 is 10.2 Å². The minimum absolute atomic E-state index is 0. The molecule has 2 saturated heterocycles. The zero-order valence-corrected chi connectivity index (χ0v) is 12.5. The summed E-state index contributed by atoms with van der Waals surface area (Å²) in [6.07, 6.45) is 6.68. The highest BCUT2D eigenvalue weighted by atomic mass is 35.5. The second-order valence-corrected chi connectivity index (χ2v) is 5.91. The maximum atomic E-state index is 3.76. The molecular formula is C16H25ClN2. The van der Waals surface area contributed by atoms with Gasteiger partial charge >= 0.3 is 0 Å². The third kappa shape index (κ3) is 3.50. The summed E-state index contributed by atoms with van der Waals surface area (Å²) >= 11 is 0. The molecule has 0 aromatic heterocycles. The van der Waals surface area contributed by atoms with Crippen LogP contribution in [0.5, 0.6) is 0 Å². The van der Waals surface area contributed by atoms with E-state index in [4.69, 9.17) is 0 Å². The smallest absolute Gasteiger partial charge is 0.0111 e. The topological polar surface area (TPSA) is 15.3 Å². The van der Waals surface area contributed by atoms with Gasteiger partial charge in [0.05, 0.1) is 0 Å². The van der Waals surface area contributed by atoms with E-state index < -0.39 is 0 Å². The van der Waals surface area contributed by atoms with Gasteiger partial charge in [-0.05, 0) is 51.3 Å². The zero-order chi connectivity index (χ0) is 12.4. The normalized spacial score (nSPS) is 30.1. The molecule has 19 heavy (non-hydrogen) atoms. The maximum Gasteiger partial charge on any atom is 0.0111 e. The Morgan fingerprint density at radius 1 is 1.11 bits per heavy atom. The van der Waals surface area contributed by atoms with Crippen molar-refractivity contribution in [3.05, 3.63) is 35.9 Å². The first-order valence-corrected chi connectivity index (χ1v) is 7.32. The van der Waals surface area contributed by atoms with Crippen molar-refractivity contribution in [1.82, 2.24) is 10.2 Å². The molecule has 2 aliphatic heterocycles. The van der Waals surface area contributed by atoms with Gasteiger partial charge in [-0.3, -0.25) is 0 Å². The van der Waals surface area contributed by atoms with E-state index in [0.717, 1.165) is 31.1 Å². The van der Waals surface area contributed by atoms with Gasteiger partial charge in [-0.2, -0.15) is 0 Å². The van der Waals surface area contributed by atoms with Gasteiger partial charge in [-0.15, -0.1) is 12.4 Å². The van der Waals surface area contributed by atoms with Crippen LogP contribution >= 0.6 is 12.4 Å². The van der Waals surface area contributed by atoms with Crippen LogP contribution in [0.15, 0.2) is 30.3 Å². The number of fused-ring (bicyclic) bond motifs is 2. The molecule has 1 N–H and O–H groups in total. The minimum atomic E-state index is 0. The third-order valence-corrected chi connectivity index (χ3v) is 4.79. The first-order valence-electron chi connectivity index (χ1n) is 7.32. The van der Waals surface area contributed by atoms with Gasteiger partial charge in [0.1, 0.15) is 0 Å². The van der Waals surface area contributed by atoms with Gasteiger partial charge in [-0.25, -0.2) is 0 Å². The second kappa shape index (κ2) is 6.74. The maximum absolute atomic E-state index is 3.76. The SMILES string of the molecule is CN1C2CCC1CC(NCCc1ccccc1)C2.Cl.